The van der Waals surface area contributed by atoms with Crippen LogP contribution in [0.15, 0.2) is 16.6 Å². The molecule has 0 aliphatic carbocycles. The summed E-state index contributed by atoms with van der Waals surface area (Å²) in [5.74, 6) is -0.793. The van der Waals surface area contributed by atoms with Crippen molar-refractivity contribution in [1.29, 1.82) is 0 Å². The summed E-state index contributed by atoms with van der Waals surface area (Å²) in [6.45, 7) is 0. The van der Waals surface area contributed by atoms with Crippen molar-refractivity contribution in [3.63, 3.8) is 0 Å². The molecule has 1 aromatic rings. The van der Waals surface area contributed by atoms with Crippen LogP contribution in [-0.4, -0.2) is 13.1 Å². The van der Waals surface area contributed by atoms with E-state index < -0.39 is 17.7 Å². The largest absolute Gasteiger partial charge is 0.465 e. The lowest BCUT2D eigenvalue weighted by Crippen LogP contribution is -2.11. The fraction of sp³-hybridized carbons (Fsp3) is 0.222. The molecule has 0 unspecified atom stereocenters. The third-order valence-electron chi connectivity index (χ3n) is 1.84. The number of ether oxygens (including phenoxy) is 1. The lowest BCUT2D eigenvalue weighted by Gasteiger charge is -2.11. The molecular formula is C9H7BrF3NO2. The normalized spacial score (nSPS) is 11.3. The van der Waals surface area contributed by atoms with Crippen LogP contribution in [0.3, 0.4) is 0 Å². The lowest BCUT2D eigenvalue weighted by molar-refractivity contribution is -0.137. The van der Waals surface area contributed by atoms with Gasteiger partial charge in [-0.1, -0.05) is 0 Å². The van der Waals surface area contributed by atoms with Gasteiger partial charge in [0.15, 0.2) is 0 Å². The van der Waals surface area contributed by atoms with E-state index in [0.29, 0.717) is 6.07 Å². The first-order valence-corrected chi connectivity index (χ1v) is 4.81. The van der Waals surface area contributed by atoms with E-state index in [4.69, 9.17) is 5.73 Å². The van der Waals surface area contributed by atoms with Crippen molar-refractivity contribution < 1.29 is 22.7 Å². The van der Waals surface area contributed by atoms with Gasteiger partial charge in [-0.25, -0.2) is 4.79 Å². The number of hydrogen-bond acceptors (Lipinski definition) is 3. The van der Waals surface area contributed by atoms with Gasteiger partial charge in [0, 0.05) is 10.2 Å². The Hall–Kier alpha value is -1.24. The number of esters is 1. The number of anilines is 1. The predicted octanol–water partition coefficient (Wildman–Crippen LogP) is 2.84. The smallest absolute Gasteiger partial charge is 0.416 e. The molecule has 7 heteroatoms. The van der Waals surface area contributed by atoms with E-state index in [-0.39, 0.29) is 15.7 Å². The van der Waals surface area contributed by atoms with E-state index in [0.717, 1.165) is 13.2 Å². The maximum atomic E-state index is 12.4. The van der Waals surface area contributed by atoms with Gasteiger partial charge in [-0.15, -0.1) is 0 Å². The highest BCUT2D eigenvalue weighted by atomic mass is 79.9. The van der Waals surface area contributed by atoms with Crippen LogP contribution in [0, 0.1) is 0 Å². The van der Waals surface area contributed by atoms with Gasteiger partial charge in [0.2, 0.25) is 0 Å². The van der Waals surface area contributed by atoms with Crippen LogP contribution in [0.1, 0.15) is 15.9 Å². The number of nitrogen functional groups attached to an aromatic ring is 1. The fourth-order valence-electron chi connectivity index (χ4n) is 1.11. The fourth-order valence-corrected chi connectivity index (χ4v) is 1.75. The van der Waals surface area contributed by atoms with Crippen LogP contribution in [-0.2, 0) is 10.9 Å². The molecule has 1 aromatic carbocycles. The first-order valence-electron chi connectivity index (χ1n) is 4.02. The summed E-state index contributed by atoms with van der Waals surface area (Å²) >= 11 is 2.85. The first kappa shape index (κ1) is 12.8. The maximum Gasteiger partial charge on any atom is 0.416 e. The summed E-state index contributed by atoms with van der Waals surface area (Å²) in [4.78, 5) is 11.2. The number of rotatable bonds is 1. The molecule has 0 saturated heterocycles. The molecule has 0 aromatic heterocycles. The molecule has 2 N–H and O–H groups in total. The highest BCUT2D eigenvalue weighted by molar-refractivity contribution is 9.10. The Labute approximate surface area is 97.5 Å². The van der Waals surface area contributed by atoms with E-state index >= 15 is 0 Å². The van der Waals surface area contributed by atoms with Crippen molar-refractivity contribution in [1.82, 2.24) is 0 Å². The molecule has 16 heavy (non-hydrogen) atoms. The molecule has 0 amide bonds. The third kappa shape index (κ3) is 2.46. The zero-order chi connectivity index (χ0) is 12.5. The van der Waals surface area contributed by atoms with E-state index in [9.17, 15) is 18.0 Å². The molecule has 0 bridgehead atoms. The van der Waals surface area contributed by atoms with Crippen molar-refractivity contribution >= 4 is 27.6 Å². The van der Waals surface area contributed by atoms with Crippen LogP contribution < -0.4 is 5.73 Å². The van der Waals surface area contributed by atoms with Crippen molar-refractivity contribution in [2.75, 3.05) is 12.8 Å². The first-order chi connectivity index (χ1) is 7.27. The van der Waals surface area contributed by atoms with Gasteiger partial charge in [-0.3, -0.25) is 0 Å². The van der Waals surface area contributed by atoms with E-state index in [2.05, 4.69) is 20.7 Å². The Morgan fingerprint density at radius 3 is 2.38 bits per heavy atom. The van der Waals surface area contributed by atoms with Gasteiger partial charge < -0.3 is 10.5 Å². The second kappa shape index (κ2) is 4.32. The van der Waals surface area contributed by atoms with Gasteiger partial charge in [-0.2, -0.15) is 13.2 Å². The summed E-state index contributed by atoms with van der Waals surface area (Å²) < 4.78 is 41.5. The van der Waals surface area contributed by atoms with Gasteiger partial charge in [-0.05, 0) is 28.1 Å². The molecule has 0 fully saturated rings. The Morgan fingerprint density at radius 1 is 1.44 bits per heavy atom. The number of carbonyl (C=O) groups is 1. The second-order valence-electron chi connectivity index (χ2n) is 2.91. The Morgan fingerprint density at radius 2 is 2.00 bits per heavy atom. The summed E-state index contributed by atoms with van der Waals surface area (Å²) in [7, 11) is 1.12. The molecular weight excluding hydrogens is 291 g/mol. The molecule has 88 valence electrons. The zero-order valence-corrected chi connectivity index (χ0v) is 9.65. The summed E-state index contributed by atoms with van der Waals surface area (Å²) in [5.41, 5.74) is 4.04. The molecule has 0 saturated carbocycles. The number of nitrogens with two attached hydrogens (primary N) is 1. The van der Waals surface area contributed by atoms with Gasteiger partial charge >= 0.3 is 12.1 Å². The Bertz CT molecular complexity index is 408. The van der Waals surface area contributed by atoms with Crippen LogP contribution >= 0.6 is 15.9 Å². The van der Waals surface area contributed by atoms with Crippen molar-refractivity contribution in [2.45, 2.75) is 6.18 Å². The second-order valence-corrected chi connectivity index (χ2v) is 3.77. The topological polar surface area (TPSA) is 52.3 Å². The number of alkyl halides is 3. The SMILES string of the molecule is COC(=O)c1c(N)cc(C(F)(F)F)cc1Br. The van der Waals surface area contributed by atoms with Gasteiger partial charge in [0.05, 0.1) is 18.2 Å². The van der Waals surface area contributed by atoms with Crippen LogP contribution in [0.2, 0.25) is 0 Å². The van der Waals surface area contributed by atoms with Crippen molar-refractivity contribution in [2.24, 2.45) is 0 Å². The highest BCUT2D eigenvalue weighted by Gasteiger charge is 2.32. The average molecular weight is 298 g/mol. The van der Waals surface area contributed by atoms with E-state index in [1.54, 1.807) is 0 Å². The maximum absolute atomic E-state index is 12.4. The quantitative estimate of drug-likeness (QED) is 0.640. The third-order valence-corrected chi connectivity index (χ3v) is 2.46. The minimum Gasteiger partial charge on any atom is -0.465 e. The molecule has 3 nitrogen and oxygen atoms in total. The lowest BCUT2D eigenvalue weighted by atomic mass is 10.1. The minimum atomic E-state index is -4.51. The Balaban J connectivity index is 3.34. The van der Waals surface area contributed by atoms with E-state index in [1.807, 2.05) is 0 Å². The molecule has 0 atom stereocenters. The minimum absolute atomic E-state index is 0.0494. The van der Waals surface area contributed by atoms with Crippen LogP contribution in [0.4, 0.5) is 18.9 Å². The molecule has 1 rings (SSSR count). The number of hydrogen-bond donors (Lipinski definition) is 1. The summed E-state index contributed by atoms with van der Waals surface area (Å²) in [5, 5.41) is 0. The van der Waals surface area contributed by atoms with Crippen molar-refractivity contribution in [3.05, 3.63) is 27.7 Å². The van der Waals surface area contributed by atoms with Gasteiger partial charge in [0.25, 0.3) is 0 Å². The van der Waals surface area contributed by atoms with E-state index in [1.165, 1.54) is 0 Å². The number of benzene rings is 1. The zero-order valence-electron chi connectivity index (χ0n) is 8.06. The number of halogens is 4. The molecule has 0 aliphatic heterocycles. The number of carbonyl (C=O) groups excluding carboxylic acids is 1. The highest BCUT2D eigenvalue weighted by Crippen LogP contribution is 2.35. The molecule has 0 aliphatic rings. The average Bonchev–Trinajstić information content (AvgIpc) is 2.14. The van der Waals surface area contributed by atoms with Crippen molar-refractivity contribution in [3.8, 4) is 0 Å². The number of methoxy groups -OCH3 is 1. The monoisotopic (exact) mass is 297 g/mol. The summed E-state index contributed by atoms with van der Waals surface area (Å²) in [6.07, 6.45) is -4.51. The molecule has 0 spiro atoms. The Kier molecular flexibility index (Phi) is 3.47. The predicted molar refractivity (Wildman–Crippen MR) is 54.9 cm³/mol. The van der Waals surface area contributed by atoms with Gasteiger partial charge in [0.1, 0.15) is 0 Å². The summed E-state index contributed by atoms with van der Waals surface area (Å²) in [6, 6.07) is 1.47. The molecule has 0 radical (unpaired) electrons. The van der Waals surface area contributed by atoms with Crippen LogP contribution in [0.25, 0.3) is 0 Å². The molecule has 0 heterocycles. The standard InChI is InChI=1S/C9H7BrF3NO2/c1-16-8(15)7-5(10)2-4(3-6(7)14)9(11,12)13/h2-3H,14H2,1H3. The van der Waals surface area contributed by atoms with Crippen LogP contribution in [0.5, 0.6) is 0 Å².